The van der Waals surface area contributed by atoms with E-state index >= 15 is 0 Å². The Balaban J connectivity index is 1.53. The number of nitrogens with zero attached hydrogens (tertiary/aromatic N) is 3. The second-order valence-corrected chi connectivity index (χ2v) is 6.52. The first-order valence-corrected chi connectivity index (χ1v) is 8.33. The van der Waals surface area contributed by atoms with E-state index in [0.29, 0.717) is 18.1 Å². The van der Waals surface area contributed by atoms with Crippen LogP contribution in [0.5, 0.6) is 0 Å². The third-order valence-corrected chi connectivity index (χ3v) is 4.80. The van der Waals surface area contributed by atoms with E-state index in [0.717, 1.165) is 24.5 Å². The lowest BCUT2D eigenvalue weighted by atomic mass is 10.2. The number of anilines is 1. The lowest BCUT2D eigenvalue weighted by Crippen LogP contribution is -2.15. The summed E-state index contributed by atoms with van der Waals surface area (Å²) in [6.07, 6.45) is 2.51. The molecular formula is C15H20N4O2S. The maximum atomic E-state index is 12.0. The largest absolute Gasteiger partial charge is 0.371 e. The Morgan fingerprint density at radius 3 is 2.86 bits per heavy atom. The Morgan fingerprint density at radius 2 is 2.18 bits per heavy atom. The standard InChI is InChI=1S/C15H20N4O2S/c1-10-5-6-11(2)19(10)8-7-13(20)16-15-18-17-14(22-15)12-4-3-9-21-12/h5-6,12H,3-4,7-9H2,1-2H3,(H,16,18,20). The van der Waals surface area contributed by atoms with Crippen molar-refractivity contribution in [1.29, 1.82) is 0 Å². The Bertz CT molecular complexity index is 639. The van der Waals surface area contributed by atoms with Crippen LogP contribution in [0.25, 0.3) is 0 Å². The lowest BCUT2D eigenvalue weighted by Gasteiger charge is -2.08. The zero-order valence-electron chi connectivity index (χ0n) is 12.8. The van der Waals surface area contributed by atoms with Crippen molar-refractivity contribution < 1.29 is 9.53 Å². The summed E-state index contributed by atoms with van der Waals surface area (Å²) in [5.74, 6) is -0.0393. The van der Waals surface area contributed by atoms with E-state index in [2.05, 4.69) is 32.2 Å². The van der Waals surface area contributed by atoms with E-state index in [1.54, 1.807) is 0 Å². The zero-order chi connectivity index (χ0) is 15.5. The molecule has 6 nitrogen and oxygen atoms in total. The fourth-order valence-corrected chi connectivity index (χ4v) is 3.48. The summed E-state index contributed by atoms with van der Waals surface area (Å²) >= 11 is 1.40. The highest BCUT2D eigenvalue weighted by Crippen LogP contribution is 2.31. The zero-order valence-corrected chi connectivity index (χ0v) is 13.7. The van der Waals surface area contributed by atoms with Gasteiger partial charge in [0.1, 0.15) is 11.1 Å². The SMILES string of the molecule is Cc1ccc(C)n1CCC(=O)Nc1nnc(C2CCCO2)s1. The summed E-state index contributed by atoms with van der Waals surface area (Å²) < 4.78 is 7.71. The minimum Gasteiger partial charge on any atom is -0.371 e. The summed E-state index contributed by atoms with van der Waals surface area (Å²) in [7, 11) is 0. The highest BCUT2D eigenvalue weighted by molar-refractivity contribution is 7.15. The summed E-state index contributed by atoms with van der Waals surface area (Å²) in [5.41, 5.74) is 2.34. The molecule has 1 aliphatic heterocycles. The molecule has 3 heterocycles. The highest BCUT2D eigenvalue weighted by Gasteiger charge is 2.22. The maximum absolute atomic E-state index is 12.0. The van der Waals surface area contributed by atoms with Gasteiger partial charge in [-0.2, -0.15) is 0 Å². The number of nitrogens with one attached hydrogen (secondary N) is 1. The molecule has 0 saturated carbocycles. The number of aromatic nitrogens is 3. The summed E-state index contributed by atoms with van der Waals surface area (Å²) in [6.45, 7) is 5.54. The van der Waals surface area contributed by atoms with Crippen molar-refractivity contribution in [2.75, 3.05) is 11.9 Å². The lowest BCUT2D eigenvalue weighted by molar-refractivity contribution is -0.116. The van der Waals surface area contributed by atoms with Gasteiger partial charge in [-0.1, -0.05) is 11.3 Å². The van der Waals surface area contributed by atoms with Crippen LogP contribution >= 0.6 is 11.3 Å². The van der Waals surface area contributed by atoms with Crippen LogP contribution in [-0.4, -0.2) is 27.3 Å². The highest BCUT2D eigenvalue weighted by atomic mass is 32.1. The molecule has 0 radical (unpaired) electrons. The predicted octanol–water partition coefficient (Wildman–Crippen LogP) is 2.84. The number of rotatable bonds is 5. The number of carbonyl (C=O) groups is 1. The Hall–Kier alpha value is -1.73. The first kappa shape index (κ1) is 15.2. The number of aryl methyl sites for hydroxylation is 2. The van der Waals surface area contributed by atoms with Crippen LogP contribution in [0, 0.1) is 13.8 Å². The van der Waals surface area contributed by atoms with Gasteiger partial charge in [0.2, 0.25) is 11.0 Å². The van der Waals surface area contributed by atoms with Crippen molar-refractivity contribution in [3.05, 3.63) is 28.5 Å². The van der Waals surface area contributed by atoms with Gasteiger partial charge in [-0.25, -0.2) is 0 Å². The molecule has 0 aromatic carbocycles. The Kier molecular flexibility index (Phi) is 4.54. The van der Waals surface area contributed by atoms with Crippen LogP contribution < -0.4 is 5.32 Å². The van der Waals surface area contributed by atoms with E-state index in [1.165, 1.54) is 22.7 Å². The van der Waals surface area contributed by atoms with Crippen molar-refractivity contribution >= 4 is 22.4 Å². The van der Waals surface area contributed by atoms with Crippen LogP contribution in [0.4, 0.5) is 5.13 Å². The molecule has 3 rings (SSSR count). The van der Waals surface area contributed by atoms with Crippen molar-refractivity contribution in [2.24, 2.45) is 0 Å². The molecular weight excluding hydrogens is 300 g/mol. The first-order chi connectivity index (χ1) is 10.6. The molecule has 1 atom stereocenters. The molecule has 1 N–H and O–H groups in total. The number of amides is 1. The molecule has 1 unspecified atom stereocenters. The topological polar surface area (TPSA) is 69.0 Å². The van der Waals surface area contributed by atoms with E-state index in [4.69, 9.17) is 4.74 Å². The molecule has 7 heteroatoms. The Labute approximate surface area is 133 Å². The van der Waals surface area contributed by atoms with Crippen molar-refractivity contribution in [3.8, 4) is 0 Å². The third-order valence-electron chi connectivity index (χ3n) is 3.87. The van der Waals surface area contributed by atoms with E-state index in [1.807, 2.05) is 13.8 Å². The quantitative estimate of drug-likeness (QED) is 0.920. The van der Waals surface area contributed by atoms with Crippen molar-refractivity contribution in [1.82, 2.24) is 14.8 Å². The van der Waals surface area contributed by atoms with Gasteiger partial charge in [-0.15, -0.1) is 10.2 Å². The fraction of sp³-hybridized carbons (Fsp3) is 0.533. The normalized spacial score (nSPS) is 17.8. The second kappa shape index (κ2) is 6.58. The second-order valence-electron chi connectivity index (χ2n) is 5.51. The molecule has 0 bridgehead atoms. The first-order valence-electron chi connectivity index (χ1n) is 7.51. The average Bonchev–Trinajstić information content (AvgIpc) is 3.20. The molecule has 1 amide bonds. The van der Waals surface area contributed by atoms with Gasteiger partial charge in [0.05, 0.1) is 0 Å². The van der Waals surface area contributed by atoms with Gasteiger partial charge in [0.15, 0.2) is 0 Å². The summed E-state index contributed by atoms with van der Waals surface area (Å²) in [4.78, 5) is 12.0. The number of hydrogen-bond donors (Lipinski definition) is 1. The number of hydrogen-bond acceptors (Lipinski definition) is 5. The van der Waals surface area contributed by atoms with E-state index < -0.39 is 0 Å². The van der Waals surface area contributed by atoms with Crippen molar-refractivity contribution in [3.63, 3.8) is 0 Å². The molecule has 1 saturated heterocycles. The monoisotopic (exact) mass is 320 g/mol. The van der Waals surface area contributed by atoms with Gasteiger partial charge in [0.25, 0.3) is 0 Å². The van der Waals surface area contributed by atoms with E-state index in [-0.39, 0.29) is 12.0 Å². The Morgan fingerprint density at radius 1 is 1.41 bits per heavy atom. The van der Waals surface area contributed by atoms with Gasteiger partial charge in [-0.3, -0.25) is 4.79 Å². The van der Waals surface area contributed by atoms with Crippen LogP contribution in [0.1, 0.15) is 41.8 Å². The number of carbonyl (C=O) groups excluding carboxylic acids is 1. The molecule has 22 heavy (non-hydrogen) atoms. The number of ether oxygens (including phenoxy) is 1. The van der Waals surface area contributed by atoms with Gasteiger partial charge >= 0.3 is 0 Å². The third kappa shape index (κ3) is 3.36. The van der Waals surface area contributed by atoms with Crippen LogP contribution in [0.15, 0.2) is 12.1 Å². The molecule has 0 aliphatic carbocycles. The molecule has 1 aliphatic rings. The van der Waals surface area contributed by atoms with Gasteiger partial charge < -0.3 is 14.6 Å². The average molecular weight is 320 g/mol. The van der Waals surface area contributed by atoms with Crippen molar-refractivity contribution in [2.45, 2.75) is 45.8 Å². The van der Waals surface area contributed by atoms with Gasteiger partial charge in [-0.05, 0) is 38.8 Å². The molecule has 0 spiro atoms. The van der Waals surface area contributed by atoms with E-state index in [9.17, 15) is 4.79 Å². The van der Waals surface area contributed by atoms with Crippen LogP contribution in [0.3, 0.4) is 0 Å². The van der Waals surface area contributed by atoms with Crippen LogP contribution in [0.2, 0.25) is 0 Å². The minimum absolute atomic E-state index is 0.0393. The summed E-state index contributed by atoms with van der Waals surface area (Å²) in [6, 6.07) is 4.12. The maximum Gasteiger partial charge on any atom is 0.227 e. The smallest absolute Gasteiger partial charge is 0.227 e. The molecule has 2 aromatic heterocycles. The van der Waals surface area contributed by atoms with Gasteiger partial charge in [0, 0.05) is 31.0 Å². The summed E-state index contributed by atoms with van der Waals surface area (Å²) in [5, 5.41) is 12.4. The molecule has 1 fully saturated rings. The van der Waals surface area contributed by atoms with Crippen LogP contribution in [-0.2, 0) is 16.1 Å². The predicted molar refractivity (Wildman–Crippen MR) is 85.0 cm³/mol. The molecule has 2 aromatic rings. The fourth-order valence-electron chi connectivity index (χ4n) is 2.63. The minimum atomic E-state index is -0.0393. The molecule has 118 valence electrons.